The molecule has 1 aliphatic carbocycles. The zero-order chi connectivity index (χ0) is 12.3. The van der Waals surface area contributed by atoms with Gasteiger partial charge >= 0.3 is 6.09 Å². The Labute approximate surface area is 102 Å². The summed E-state index contributed by atoms with van der Waals surface area (Å²) in [4.78, 5) is 27.0. The fraction of sp³-hybridized carbons (Fsp3) is 0.833. The first kappa shape index (κ1) is 12.2. The molecule has 0 spiro atoms. The highest BCUT2D eigenvalue weighted by Crippen LogP contribution is 2.28. The van der Waals surface area contributed by atoms with Crippen LogP contribution in [0.15, 0.2) is 0 Å². The molecule has 2 rings (SSSR count). The number of piperazine rings is 1. The fourth-order valence-corrected chi connectivity index (χ4v) is 2.24. The van der Waals surface area contributed by atoms with Gasteiger partial charge in [0.15, 0.2) is 0 Å². The summed E-state index contributed by atoms with van der Waals surface area (Å²) in [7, 11) is 0. The van der Waals surface area contributed by atoms with Crippen LogP contribution in [0.5, 0.6) is 0 Å². The highest BCUT2D eigenvalue weighted by molar-refractivity contribution is 5.80. The normalized spacial score (nSPS) is 21.0. The number of hydrogen-bond donors (Lipinski definition) is 0. The fourth-order valence-electron chi connectivity index (χ4n) is 2.24. The molecule has 1 aliphatic heterocycles. The van der Waals surface area contributed by atoms with E-state index in [1.54, 1.807) is 11.8 Å². The largest absolute Gasteiger partial charge is 0.450 e. The number of carbonyl (C=O) groups is 2. The highest BCUT2D eigenvalue weighted by Gasteiger charge is 2.32. The first-order valence-corrected chi connectivity index (χ1v) is 6.43. The maximum absolute atomic E-state index is 12.0. The average molecular weight is 240 g/mol. The lowest BCUT2D eigenvalue weighted by atomic mass is 9.84. The van der Waals surface area contributed by atoms with Crippen molar-refractivity contribution in [3.63, 3.8) is 0 Å². The molecule has 1 heterocycles. The third-order valence-corrected chi connectivity index (χ3v) is 3.57. The van der Waals surface area contributed by atoms with E-state index in [1.165, 1.54) is 6.42 Å². The van der Waals surface area contributed by atoms with Gasteiger partial charge in [0.2, 0.25) is 5.91 Å². The van der Waals surface area contributed by atoms with Crippen molar-refractivity contribution in [3.8, 4) is 0 Å². The molecule has 2 aliphatic rings. The topological polar surface area (TPSA) is 49.9 Å². The Balaban J connectivity index is 1.77. The predicted octanol–water partition coefficient (Wildman–Crippen LogP) is 1.09. The Morgan fingerprint density at radius 2 is 1.71 bits per heavy atom. The number of hydrogen-bond acceptors (Lipinski definition) is 3. The zero-order valence-electron chi connectivity index (χ0n) is 10.4. The second-order valence-corrected chi connectivity index (χ2v) is 4.64. The SMILES string of the molecule is CCOC(=O)N1CCN(C(=O)C2CCC2)CC1. The first-order valence-electron chi connectivity index (χ1n) is 6.43. The number of ether oxygens (including phenoxy) is 1. The molecule has 96 valence electrons. The molecule has 0 atom stereocenters. The van der Waals surface area contributed by atoms with Crippen LogP contribution in [0.4, 0.5) is 4.79 Å². The molecule has 0 bridgehead atoms. The molecule has 0 N–H and O–H groups in total. The quantitative estimate of drug-likeness (QED) is 0.726. The van der Waals surface area contributed by atoms with Gasteiger partial charge in [-0.05, 0) is 19.8 Å². The summed E-state index contributed by atoms with van der Waals surface area (Å²) in [6.07, 6.45) is 3.00. The van der Waals surface area contributed by atoms with Crippen molar-refractivity contribution >= 4 is 12.0 Å². The van der Waals surface area contributed by atoms with Crippen molar-refractivity contribution < 1.29 is 14.3 Å². The standard InChI is InChI=1S/C12H20N2O3/c1-2-17-12(16)14-8-6-13(7-9-14)11(15)10-4-3-5-10/h10H,2-9H2,1H3. The van der Waals surface area contributed by atoms with Crippen LogP contribution < -0.4 is 0 Å². The summed E-state index contributed by atoms with van der Waals surface area (Å²) in [6.45, 7) is 4.69. The van der Waals surface area contributed by atoms with E-state index in [9.17, 15) is 9.59 Å². The molecule has 5 nitrogen and oxygen atoms in total. The Kier molecular flexibility index (Phi) is 3.86. The molecule has 2 amide bonds. The molecule has 0 aromatic heterocycles. The van der Waals surface area contributed by atoms with Crippen LogP contribution in [0.1, 0.15) is 26.2 Å². The third kappa shape index (κ3) is 2.70. The van der Waals surface area contributed by atoms with Crippen molar-refractivity contribution in [1.29, 1.82) is 0 Å². The minimum absolute atomic E-state index is 0.254. The van der Waals surface area contributed by atoms with Gasteiger partial charge in [-0.2, -0.15) is 0 Å². The van der Waals surface area contributed by atoms with Gasteiger partial charge in [0.25, 0.3) is 0 Å². The molecule has 0 aromatic carbocycles. The Bertz CT molecular complexity index is 294. The van der Waals surface area contributed by atoms with Gasteiger partial charge in [-0.3, -0.25) is 4.79 Å². The summed E-state index contributed by atoms with van der Waals surface area (Å²) in [5, 5.41) is 0. The Morgan fingerprint density at radius 1 is 1.12 bits per heavy atom. The molecule has 17 heavy (non-hydrogen) atoms. The van der Waals surface area contributed by atoms with Crippen LogP contribution >= 0.6 is 0 Å². The molecular formula is C12H20N2O3. The average Bonchev–Trinajstić information content (AvgIpc) is 2.27. The second kappa shape index (κ2) is 5.38. The van der Waals surface area contributed by atoms with Gasteiger partial charge in [-0.25, -0.2) is 4.79 Å². The maximum Gasteiger partial charge on any atom is 0.409 e. The van der Waals surface area contributed by atoms with E-state index in [0.29, 0.717) is 32.8 Å². The lowest BCUT2D eigenvalue weighted by Gasteiger charge is -2.37. The van der Waals surface area contributed by atoms with E-state index in [4.69, 9.17) is 4.74 Å². The highest BCUT2D eigenvalue weighted by atomic mass is 16.6. The van der Waals surface area contributed by atoms with Crippen LogP contribution in [0.3, 0.4) is 0 Å². The van der Waals surface area contributed by atoms with Crippen molar-refractivity contribution in [1.82, 2.24) is 9.80 Å². The lowest BCUT2D eigenvalue weighted by molar-refractivity contribution is -0.139. The van der Waals surface area contributed by atoms with E-state index in [2.05, 4.69) is 0 Å². The van der Waals surface area contributed by atoms with Crippen LogP contribution in [-0.2, 0) is 9.53 Å². The molecule has 0 radical (unpaired) electrons. The van der Waals surface area contributed by atoms with Crippen LogP contribution in [-0.4, -0.2) is 54.6 Å². The third-order valence-electron chi connectivity index (χ3n) is 3.57. The summed E-state index contributed by atoms with van der Waals surface area (Å²) >= 11 is 0. The molecule has 5 heteroatoms. The minimum atomic E-state index is -0.261. The zero-order valence-corrected chi connectivity index (χ0v) is 10.4. The minimum Gasteiger partial charge on any atom is -0.450 e. The molecule has 1 saturated heterocycles. The van der Waals surface area contributed by atoms with E-state index in [-0.39, 0.29) is 17.9 Å². The number of carbonyl (C=O) groups excluding carboxylic acids is 2. The van der Waals surface area contributed by atoms with Gasteiger partial charge in [-0.15, -0.1) is 0 Å². The summed E-state index contributed by atoms with van der Waals surface area (Å²) in [6, 6.07) is 0. The molecule has 2 fully saturated rings. The summed E-state index contributed by atoms with van der Waals surface area (Å²) in [5.74, 6) is 0.531. The van der Waals surface area contributed by atoms with Gasteiger partial charge in [0.1, 0.15) is 0 Å². The van der Waals surface area contributed by atoms with E-state index in [1.807, 2.05) is 4.90 Å². The van der Waals surface area contributed by atoms with Crippen LogP contribution in [0, 0.1) is 5.92 Å². The molecule has 0 aromatic rings. The smallest absolute Gasteiger partial charge is 0.409 e. The summed E-state index contributed by atoms with van der Waals surface area (Å²) < 4.78 is 4.94. The van der Waals surface area contributed by atoms with E-state index in [0.717, 1.165) is 12.8 Å². The predicted molar refractivity (Wildman–Crippen MR) is 62.5 cm³/mol. The van der Waals surface area contributed by atoms with Gasteiger partial charge < -0.3 is 14.5 Å². The van der Waals surface area contributed by atoms with Gasteiger partial charge in [0, 0.05) is 32.1 Å². The first-order chi connectivity index (χ1) is 8.22. The lowest BCUT2D eigenvalue weighted by Crippen LogP contribution is -2.52. The number of rotatable bonds is 2. The Hall–Kier alpha value is -1.26. The molecule has 1 saturated carbocycles. The van der Waals surface area contributed by atoms with Crippen LogP contribution in [0.25, 0.3) is 0 Å². The van der Waals surface area contributed by atoms with Crippen LogP contribution in [0.2, 0.25) is 0 Å². The summed E-state index contributed by atoms with van der Waals surface area (Å²) in [5.41, 5.74) is 0. The van der Waals surface area contributed by atoms with E-state index >= 15 is 0 Å². The van der Waals surface area contributed by atoms with Crippen molar-refractivity contribution in [3.05, 3.63) is 0 Å². The van der Waals surface area contributed by atoms with Gasteiger partial charge in [-0.1, -0.05) is 6.42 Å². The number of nitrogens with zero attached hydrogens (tertiary/aromatic N) is 2. The van der Waals surface area contributed by atoms with Gasteiger partial charge in [0.05, 0.1) is 6.61 Å². The number of amides is 2. The maximum atomic E-state index is 12.0. The van der Waals surface area contributed by atoms with Crippen molar-refractivity contribution in [2.45, 2.75) is 26.2 Å². The molecule has 0 unspecified atom stereocenters. The monoisotopic (exact) mass is 240 g/mol. The van der Waals surface area contributed by atoms with Crippen molar-refractivity contribution in [2.75, 3.05) is 32.8 Å². The van der Waals surface area contributed by atoms with Crippen molar-refractivity contribution in [2.24, 2.45) is 5.92 Å². The van der Waals surface area contributed by atoms with E-state index < -0.39 is 0 Å². The Morgan fingerprint density at radius 3 is 2.18 bits per heavy atom. The molecular weight excluding hydrogens is 220 g/mol. The second-order valence-electron chi connectivity index (χ2n) is 4.64.